The zero-order valence-electron chi connectivity index (χ0n) is 14.2. The lowest BCUT2D eigenvalue weighted by atomic mass is 9.75. The fourth-order valence-corrected chi connectivity index (χ4v) is 3.27. The number of hydrogen-bond donors (Lipinski definition) is 1. The Balaban J connectivity index is 2.10. The van der Waals surface area contributed by atoms with Gasteiger partial charge in [0.15, 0.2) is 0 Å². The first-order chi connectivity index (χ1) is 9.94. The Labute approximate surface area is 129 Å². The first kappa shape index (κ1) is 16.3. The number of pyridine rings is 1. The first-order valence-electron chi connectivity index (χ1n) is 8.39. The summed E-state index contributed by atoms with van der Waals surface area (Å²) in [5.41, 5.74) is 8.67. The van der Waals surface area contributed by atoms with Crippen molar-refractivity contribution in [2.45, 2.75) is 59.9 Å². The van der Waals surface area contributed by atoms with E-state index in [2.05, 4.69) is 44.7 Å². The molecule has 1 aliphatic rings. The maximum absolute atomic E-state index is 5.85. The molecule has 0 radical (unpaired) electrons. The van der Waals surface area contributed by atoms with Gasteiger partial charge in [0, 0.05) is 25.3 Å². The van der Waals surface area contributed by atoms with Crippen molar-refractivity contribution in [3.8, 4) is 0 Å². The van der Waals surface area contributed by atoms with Crippen LogP contribution in [0.15, 0.2) is 12.1 Å². The topological polar surface area (TPSA) is 42.1 Å². The summed E-state index contributed by atoms with van der Waals surface area (Å²) in [5, 5.41) is 0. The molecule has 0 unspecified atom stereocenters. The van der Waals surface area contributed by atoms with Gasteiger partial charge >= 0.3 is 0 Å². The molecule has 2 N–H and O–H groups in total. The van der Waals surface area contributed by atoms with Crippen LogP contribution in [0.2, 0.25) is 0 Å². The Morgan fingerprint density at radius 2 is 1.90 bits per heavy atom. The normalized spacial score (nSPS) is 17.3. The quantitative estimate of drug-likeness (QED) is 0.917. The number of rotatable bonds is 4. The highest BCUT2D eigenvalue weighted by Gasteiger charge is 2.29. The molecule has 1 aliphatic heterocycles. The van der Waals surface area contributed by atoms with Crippen LogP contribution < -0.4 is 10.6 Å². The highest BCUT2D eigenvalue weighted by Crippen LogP contribution is 2.35. The van der Waals surface area contributed by atoms with Gasteiger partial charge in [0.2, 0.25) is 0 Å². The van der Waals surface area contributed by atoms with Crippen molar-refractivity contribution in [3.63, 3.8) is 0 Å². The standard InChI is InChI=1S/C18H31N3/c1-5-6-16-11-14(13-19)12-17(20-16)21-9-7-15(8-10-21)18(2,3)4/h11-12,15H,5-10,13,19H2,1-4H3. The Bertz CT molecular complexity index is 454. The Kier molecular flexibility index (Phi) is 5.26. The molecule has 0 bridgehead atoms. The van der Waals surface area contributed by atoms with E-state index in [4.69, 9.17) is 10.7 Å². The van der Waals surface area contributed by atoms with Crippen LogP contribution in [0.25, 0.3) is 0 Å². The fourth-order valence-electron chi connectivity index (χ4n) is 3.27. The first-order valence-corrected chi connectivity index (χ1v) is 8.39. The molecule has 21 heavy (non-hydrogen) atoms. The number of anilines is 1. The maximum Gasteiger partial charge on any atom is 0.129 e. The van der Waals surface area contributed by atoms with Gasteiger partial charge in [-0.2, -0.15) is 0 Å². The molecule has 2 heterocycles. The van der Waals surface area contributed by atoms with Crippen LogP contribution in [-0.2, 0) is 13.0 Å². The average molecular weight is 289 g/mol. The second-order valence-electron chi connectivity index (χ2n) is 7.41. The summed E-state index contributed by atoms with van der Waals surface area (Å²) in [4.78, 5) is 7.30. The van der Waals surface area contributed by atoms with Gasteiger partial charge in [-0.25, -0.2) is 4.98 Å². The highest BCUT2D eigenvalue weighted by molar-refractivity contribution is 5.43. The number of hydrogen-bond acceptors (Lipinski definition) is 3. The monoisotopic (exact) mass is 289 g/mol. The summed E-state index contributed by atoms with van der Waals surface area (Å²) in [6.07, 6.45) is 4.70. The van der Waals surface area contributed by atoms with Gasteiger partial charge in [0.1, 0.15) is 5.82 Å². The fraction of sp³-hybridized carbons (Fsp3) is 0.722. The third kappa shape index (κ3) is 4.19. The largest absolute Gasteiger partial charge is 0.357 e. The number of aryl methyl sites for hydroxylation is 1. The minimum Gasteiger partial charge on any atom is -0.357 e. The van der Waals surface area contributed by atoms with E-state index < -0.39 is 0 Å². The molecule has 0 aromatic carbocycles. The summed E-state index contributed by atoms with van der Waals surface area (Å²) in [5.74, 6) is 1.95. The van der Waals surface area contributed by atoms with Crippen molar-refractivity contribution in [2.24, 2.45) is 17.1 Å². The van der Waals surface area contributed by atoms with Crippen molar-refractivity contribution in [2.75, 3.05) is 18.0 Å². The Hall–Kier alpha value is -1.09. The maximum atomic E-state index is 5.85. The van der Waals surface area contributed by atoms with E-state index in [-0.39, 0.29) is 0 Å². The molecule has 2 rings (SSSR count). The van der Waals surface area contributed by atoms with Crippen LogP contribution in [0.1, 0.15) is 58.2 Å². The molecule has 0 amide bonds. The zero-order chi connectivity index (χ0) is 15.5. The molecule has 118 valence electrons. The molecule has 0 atom stereocenters. The third-order valence-corrected chi connectivity index (χ3v) is 4.71. The lowest BCUT2D eigenvalue weighted by Crippen LogP contribution is -2.38. The van der Waals surface area contributed by atoms with Gasteiger partial charge < -0.3 is 10.6 Å². The van der Waals surface area contributed by atoms with Crippen LogP contribution in [0.4, 0.5) is 5.82 Å². The molecule has 3 nitrogen and oxygen atoms in total. The molecular formula is C18H31N3. The van der Waals surface area contributed by atoms with Crippen LogP contribution >= 0.6 is 0 Å². The van der Waals surface area contributed by atoms with Gasteiger partial charge in [-0.3, -0.25) is 0 Å². The number of aromatic nitrogens is 1. The molecule has 1 saturated heterocycles. The molecule has 1 aromatic rings. The predicted octanol–water partition coefficient (Wildman–Crippen LogP) is 3.76. The van der Waals surface area contributed by atoms with E-state index in [0.29, 0.717) is 12.0 Å². The molecule has 0 spiro atoms. The average Bonchev–Trinajstić information content (AvgIpc) is 2.46. The zero-order valence-corrected chi connectivity index (χ0v) is 14.2. The minimum absolute atomic E-state index is 0.423. The molecular weight excluding hydrogens is 258 g/mol. The smallest absolute Gasteiger partial charge is 0.129 e. The molecule has 1 aromatic heterocycles. The van der Waals surface area contributed by atoms with Crippen molar-refractivity contribution in [3.05, 3.63) is 23.4 Å². The predicted molar refractivity (Wildman–Crippen MR) is 90.5 cm³/mol. The van der Waals surface area contributed by atoms with Gasteiger partial charge in [-0.15, -0.1) is 0 Å². The molecule has 0 aliphatic carbocycles. The van der Waals surface area contributed by atoms with Crippen molar-refractivity contribution < 1.29 is 0 Å². The summed E-state index contributed by atoms with van der Waals surface area (Å²) in [6.45, 7) is 12.1. The number of nitrogens with two attached hydrogens (primary N) is 1. The summed E-state index contributed by atoms with van der Waals surface area (Å²) in [6, 6.07) is 4.34. The van der Waals surface area contributed by atoms with E-state index in [1.165, 1.54) is 24.1 Å². The van der Waals surface area contributed by atoms with E-state index in [1.54, 1.807) is 0 Å². The summed E-state index contributed by atoms with van der Waals surface area (Å²) < 4.78 is 0. The summed E-state index contributed by atoms with van der Waals surface area (Å²) in [7, 11) is 0. The number of piperidine rings is 1. The van der Waals surface area contributed by atoms with Gasteiger partial charge in [-0.1, -0.05) is 34.1 Å². The van der Waals surface area contributed by atoms with E-state index in [0.717, 1.165) is 37.7 Å². The molecule has 1 fully saturated rings. The third-order valence-electron chi connectivity index (χ3n) is 4.71. The van der Waals surface area contributed by atoms with Crippen molar-refractivity contribution in [1.29, 1.82) is 0 Å². The minimum atomic E-state index is 0.423. The Morgan fingerprint density at radius 3 is 2.43 bits per heavy atom. The lowest BCUT2D eigenvalue weighted by molar-refractivity contribution is 0.198. The van der Waals surface area contributed by atoms with Gasteiger partial charge in [0.05, 0.1) is 0 Å². The second kappa shape index (κ2) is 6.78. The van der Waals surface area contributed by atoms with Crippen molar-refractivity contribution in [1.82, 2.24) is 4.98 Å². The van der Waals surface area contributed by atoms with Crippen LogP contribution in [0.5, 0.6) is 0 Å². The summed E-state index contributed by atoms with van der Waals surface area (Å²) >= 11 is 0. The molecule has 0 saturated carbocycles. The van der Waals surface area contributed by atoms with Crippen LogP contribution in [0, 0.1) is 11.3 Å². The van der Waals surface area contributed by atoms with Crippen molar-refractivity contribution >= 4 is 5.82 Å². The highest BCUT2D eigenvalue weighted by atomic mass is 15.2. The SMILES string of the molecule is CCCc1cc(CN)cc(N2CCC(C(C)(C)C)CC2)n1. The second-order valence-corrected chi connectivity index (χ2v) is 7.41. The van der Waals surface area contributed by atoms with Gasteiger partial charge in [-0.05, 0) is 48.3 Å². The van der Waals surface area contributed by atoms with Crippen LogP contribution in [-0.4, -0.2) is 18.1 Å². The van der Waals surface area contributed by atoms with E-state index >= 15 is 0 Å². The molecule has 3 heteroatoms. The Morgan fingerprint density at radius 1 is 1.24 bits per heavy atom. The lowest BCUT2D eigenvalue weighted by Gasteiger charge is -2.39. The number of nitrogens with zero attached hydrogens (tertiary/aromatic N) is 2. The van der Waals surface area contributed by atoms with E-state index in [9.17, 15) is 0 Å². The van der Waals surface area contributed by atoms with E-state index in [1.807, 2.05) is 0 Å². The van der Waals surface area contributed by atoms with Crippen LogP contribution in [0.3, 0.4) is 0 Å². The van der Waals surface area contributed by atoms with Gasteiger partial charge in [0.25, 0.3) is 0 Å².